The Morgan fingerprint density at radius 3 is 2.62 bits per heavy atom. The van der Waals surface area contributed by atoms with Crippen molar-refractivity contribution in [3.8, 4) is 17.3 Å². The molecule has 1 aromatic carbocycles. The van der Waals surface area contributed by atoms with Gasteiger partial charge in [-0.2, -0.15) is 5.26 Å². The monoisotopic (exact) mass is 226 g/mol. The van der Waals surface area contributed by atoms with Crippen LogP contribution < -0.4 is 0 Å². The quantitative estimate of drug-likeness (QED) is 0.758. The van der Waals surface area contributed by atoms with E-state index in [1.165, 1.54) is 0 Å². The van der Waals surface area contributed by atoms with Gasteiger partial charge in [0.1, 0.15) is 0 Å². The Balaban J connectivity index is 2.46. The van der Waals surface area contributed by atoms with Gasteiger partial charge in [0.05, 0.1) is 17.3 Å². The highest BCUT2D eigenvalue weighted by Crippen LogP contribution is 2.20. The second-order valence-electron chi connectivity index (χ2n) is 3.54. The number of nitrogens with zero attached hydrogens (tertiary/aromatic N) is 2. The predicted octanol–water partition coefficient (Wildman–Crippen LogP) is 3.22. The third-order valence-electron chi connectivity index (χ3n) is 2.39. The lowest BCUT2D eigenvalue weighted by molar-refractivity contribution is 1.24. The van der Waals surface area contributed by atoms with Crippen LogP contribution in [0.25, 0.3) is 11.3 Å². The molecule has 0 unspecified atom stereocenters. The SMILES string of the molecule is Cc1cc(-c2ccc(S)cn2)ccc1C#N. The van der Waals surface area contributed by atoms with E-state index in [2.05, 4.69) is 23.7 Å². The summed E-state index contributed by atoms with van der Waals surface area (Å²) in [6.45, 7) is 1.93. The molecule has 0 spiro atoms. The largest absolute Gasteiger partial charge is 0.255 e. The van der Waals surface area contributed by atoms with E-state index in [-0.39, 0.29) is 0 Å². The Labute approximate surface area is 100.0 Å². The van der Waals surface area contributed by atoms with E-state index in [9.17, 15) is 0 Å². The van der Waals surface area contributed by atoms with Gasteiger partial charge >= 0.3 is 0 Å². The zero-order valence-corrected chi connectivity index (χ0v) is 9.70. The first-order chi connectivity index (χ1) is 7.70. The molecule has 0 amide bonds. The summed E-state index contributed by atoms with van der Waals surface area (Å²) in [7, 11) is 0. The highest BCUT2D eigenvalue weighted by atomic mass is 32.1. The van der Waals surface area contributed by atoms with Crippen molar-refractivity contribution in [2.75, 3.05) is 0 Å². The van der Waals surface area contributed by atoms with E-state index in [0.717, 1.165) is 21.7 Å². The fourth-order valence-electron chi connectivity index (χ4n) is 1.51. The van der Waals surface area contributed by atoms with Gasteiger partial charge in [-0.15, -0.1) is 12.6 Å². The molecule has 0 saturated carbocycles. The number of benzene rings is 1. The number of aryl methyl sites for hydroxylation is 1. The Hall–Kier alpha value is -1.79. The zero-order valence-electron chi connectivity index (χ0n) is 8.81. The van der Waals surface area contributed by atoms with Gasteiger partial charge in [-0.05, 0) is 36.8 Å². The summed E-state index contributed by atoms with van der Waals surface area (Å²) < 4.78 is 0. The second kappa shape index (κ2) is 4.38. The molecule has 2 nitrogen and oxygen atoms in total. The summed E-state index contributed by atoms with van der Waals surface area (Å²) in [5.41, 5.74) is 3.58. The van der Waals surface area contributed by atoms with E-state index in [1.54, 1.807) is 6.20 Å². The minimum Gasteiger partial charge on any atom is -0.255 e. The minimum absolute atomic E-state index is 0.703. The summed E-state index contributed by atoms with van der Waals surface area (Å²) >= 11 is 4.19. The number of hydrogen-bond acceptors (Lipinski definition) is 3. The van der Waals surface area contributed by atoms with Gasteiger partial charge in [-0.25, -0.2) is 0 Å². The van der Waals surface area contributed by atoms with Gasteiger partial charge in [0, 0.05) is 16.7 Å². The van der Waals surface area contributed by atoms with Crippen molar-refractivity contribution in [1.29, 1.82) is 5.26 Å². The van der Waals surface area contributed by atoms with Gasteiger partial charge in [0.25, 0.3) is 0 Å². The van der Waals surface area contributed by atoms with Crippen LogP contribution in [0.3, 0.4) is 0 Å². The second-order valence-corrected chi connectivity index (χ2v) is 4.06. The number of hydrogen-bond donors (Lipinski definition) is 1. The molecule has 16 heavy (non-hydrogen) atoms. The fourth-order valence-corrected chi connectivity index (χ4v) is 1.64. The molecular weight excluding hydrogens is 216 g/mol. The van der Waals surface area contributed by atoms with Crippen LogP contribution in [0.4, 0.5) is 0 Å². The number of rotatable bonds is 1. The lowest BCUT2D eigenvalue weighted by atomic mass is 10.0. The van der Waals surface area contributed by atoms with E-state index >= 15 is 0 Å². The summed E-state index contributed by atoms with van der Waals surface area (Å²) in [6, 6.07) is 11.7. The number of aromatic nitrogens is 1. The van der Waals surface area contributed by atoms with Crippen molar-refractivity contribution in [3.63, 3.8) is 0 Å². The van der Waals surface area contributed by atoms with Crippen molar-refractivity contribution >= 4 is 12.6 Å². The molecule has 0 N–H and O–H groups in total. The third-order valence-corrected chi connectivity index (χ3v) is 2.66. The summed E-state index contributed by atoms with van der Waals surface area (Å²) in [6.07, 6.45) is 1.71. The molecule has 0 aliphatic heterocycles. The van der Waals surface area contributed by atoms with Crippen molar-refractivity contribution < 1.29 is 0 Å². The van der Waals surface area contributed by atoms with Crippen LogP contribution >= 0.6 is 12.6 Å². The average molecular weight is 226 g/mol. The minimum atomic E-state index is 0.703. The molecule has 0 radical (unpaired) electrons. The van der Waals surface area contributed by atoms with Crippen LogP contribution in [-0.2, 0) is 0 Å². The average Bonchev–Trinajstić information content (AvgIpc) is 2.30. The van der Waals surface area contributed by atoms with Crippen molar-refractivity contribution in [2.24, 2.45) is 0 Å². The van der Waals surface area contributed by atoms with Gasteiger partial charge in [-0.1, -0.05) is 6.07 Å². The van der Waals surface area contributed by atoms with Crippen molar-refractivity contribution in [2.45, 2.75) is 11.8 Å². The lowest BCUT2D eigenvalue weighted by Crippen LogP contribution is -1.86. The Bertz CT molecular complexity index is 553. The molecule has 2 aromatic rings. The van der Waals surface area contributed by atoms with Gasteiger partial charge < -0.3 is 0 Å². The van der Waals surface area contributed by atoms with Crippen LogP contribution in [0, 0.1) is 18.3 Å². The van der Waals surface area contributed by atoms with Crippen LogP contribution in [-0.4, -0.2) is 4.98 Å². The molecule has 0 bridgehead atoms. The number of thiol groups is 1. The van der Waals surface area contributed by atoms with E-state index in [0.29, 0.717) is 5.56 Å². The maximum absolute atomic E-state index is 8.84. The molecule has 0 aliphatic carbocycles. The molecule has 2 rings (SSSR count). The Morgan fingerprint density at radius 2 is 2.06 bits per heavy atom. The maximum Gasteiger partial charge on any atom is 0.0994 e. The maximum atomic E-state index is 8.84. The molecule has 0 fully saturated rings. The number of nitriles is 1. The first-order valence-corrected chi connectivity index (χ1v) is 5.31. The molecule has 78 valence electrons. The summed E-state index contributed by atoms with van der Waals surface area (Å²) in [4.78, 5) is 5.13. The van der Waals surface area contributed by atoms with Crippen LogP contribution in [0.2, 0.25) is 0 Å². The van der Waals surface area contributed by atoms with E-state index < -0.39 is 0 Å². The smallest absolute Gasteiger partial charge is 0.0994 e. The third kappa shape index (κ3) is 2.07. The highest BCUT2D eigenvalue weighted by Gasteiger charge is 2.02. The van der Waals surface area contributed by atoms with Gasteiger partial charge in [0.15, 0.2) is 0 Å². The molecule has 0 atom stereocenters. The first-order valence-electron chi connectivity index (χ1n) is 4.87. The normalized spacial score (nSPS) is 9.81. The zero-order chi connectivity index (χ0) is 11.5. The standard InChI is InChI=1S/C13H10N2S/c1-9-6-10(2-3-11(9)7-14)13-5-4-12(16)8-15-13/h2-6,8,16H,1H3. The molecular formula is C13H10N2S. The van der Waals surface area contributed by atoms with Crippen molar-refractivity contribution in [1.82, 2.24) is 4.98 Å². The van der Waals surface area contributed by atoms with E-state index in [4.69, 9.17) is 5.26 Å². The Kier molecular flexibility index (Phi) is 2.93. The molecule has 1 heterocycles. The predicted molar refractivity (Wildman–Crippen MR) is 66.4 cm³/mol. The fraction of sp³-hybridized carbons (Fsp3) is 0.0769. The first kappa shape index (κ1) is 10.7. The molecule has 0 saturated heterocycles. The van der Waals surface area contributed by atoms with Crippen LogP contribution in [0.1, 0.15) is 11.1 Å². The number of pyridine rings is 1. The van der Waals surface area contributed by atoms with Crippen molar-refractivity contribution in [3.05, 3.63) is 47.7 Å². The Morgan fingerprint density at radius 1 is 1.25 bits per heavy atom. The van der Waals surface area contributed by atoms with E-state index in [1.807, 2.05) is 37.3 Å². The van der Waals surface area contributed by atoms with Gasteiger partial charge in [0.2, 0.25) is 0 Å². The summed E-state index contributed by atoms with van der Waals surface area (Å²) in [5.74, 6) is 0. The molecule has 1 aromatic heterocycles. The topological polar surface area (TPSA) is 36.7 Å². The lowest BCUT2D eigenvalue weighted by Gasteiger charge is -2.03. The molecule has 0 aliphatic rings. The van der Waals surface area contributed by atoms with Crippen LogP contribution in [0.15, 0.2) is 41.4 Å². The van der Waals surface area contributed by atoms with Gasteiger partial charge in [-0.3, -0.25) is 4.98 Å². The summed E-state index contributed by atoms with van der Waals surface area (Å²) in [5, 5.41) is 8.84. The molecule has 3 heteroatoms. The highest BCUT2D eigenvalue weighted by molar-refractivity contribution is 7.80. The van der Waals surface area contributed by atoms with Crippen LogP contribution in [0.5, 0.6) is 0 Å².